The van der Waals surface area contributed by atoms with Crippen LogP contribution in [0.3, 0.4) is 0 Å². The van der Waals surface area contributed by atoms with Gasteiger partial charge in [-0.2, -0.15) is 0 Å². The summed E-state index contributed by atoms with van der Waals surface area (Å²) in [4.78, 5) is 14.6. The molecule has 98 valence electrons. The molecule has 2 rings (SSSR count). The molecule has 3 atom stereocenters. The van der Waals surface area contributed by atoms with Crippen molar-refractivity contribution in [1.29, 1.82) is 0 Å². The number of carbonyl (C=O) groups excluding carboxylic acids is 1. The molecule has 0 radical (unpaired) electrons. The summed E-state index contributed by atoms with van der Waals surface area (Å²) in [6.07, 6.45) is 5.67. The van der Waals surface area contributed by atoms with E-state index in [0.717, 1.165) is 25.7 Å². The highest BCUT2D eigenvalue weighted by Gasteiger charge is 2.59. The number of amides is 1. The van der Waals surface area contributed by atoms with Crippen LogP contribution in [0.5, 0.6) is 0 Å². The molecule has 2 aliphatic rings. The standard InChI is InChI=1S/C14H26N2O/c1-5-10(3)9-11(4)16-12(6-2)15-14(7-8-14)13(16)17/h10-12,15H,5-9H2,1-4H3. The van der Waals surface area contributed by atoms with E-state index in [4.69, 9.17) is 0 Å². The Hall–Kier alpha value is -0.570. The second kappa shape index (κ2) is 4.60. The SMILES string of the molecule is CCC(C)CC(C)N1C(=O)C2(CC2)NC1CC. The second-order valence-electron chi connectivity index (χ2n) is 5.96. The van der Waals surface area contributed by atoms with E-state index in [1.807, 2.05) is 0 Å². The fourth-order valence-corrected chi connectivity index (χ4v) is 2.99. The van der Waals surface area contributed by atoms with Crippen LogP contribution in [0.15, 0.2) is 0 Å². The zero-order valence-corrected chi connectivity index (χ0v) is 11.6. The van der Waals surface area contributed by atoms with Crippen molar-refractivity contribution in [3.05, 3.63) is 0 Å². The van der Waals surface area contributed by atoms with Gasteiger partial charge in [0.15, 0.2) is 0 Å². The van der Waals surface area contributed by atoms with Crippen LogP contribution in [0.2, 0.25) is 0 Å². The van der Waals surface area contributed by atoms with Crippen LogP contribution in [0.25, 0.3) is 0 Å². The minimum Gasteiger partial charge on any atom is -0.323 e. The lowest BCUT2D eigenvalue weighted by Gasteiger charge is -2.31. The Morgan fingerprint density at radius 1 is 1.41 bits per heavy atom. The van der Waals surface area contributed by atoms with E-state index in [1.54, 1.807) is 0 Å². The van der Waals surface area contributed by atoms with Gasteiger partial charge in [0.05, 0.1) is 11.7 Å². The first-order valence-corrected chi connectivity index (χ1v) is 7.14. The monoisotopic (exact) mass is 238 g/mol. The van der Waals surface area contributed by atoms with Crippen LogP contribution >= 0.6 is 0 Å². The highest BCUT2D eigenvalue weighted by atomic mass is 16.2. The molecule has 1 amide bonds. The molecule has 17 heavy (non-hydrogen) atoms. The van der Waals surface area contributed by atoms with Crippen molar-refractivity contribution in [2.75, 3.05) is 0 Å². The molecule has 0 aromatic carbocycles. The fourth-order valence-electron chi connectivity index (χ4n) is 2.99. The van der Waals surface area contributed by atoms with Crippen LogP contribution in [-0.2, 0) is 4.79 Å². The molecule has 2 fully saturated rings. The summed E-state index contributed by atoms with van der Waals surface area (Å²) in [6, 6.07) is 0.370. The van der Waals surface area contributed by atoms with Gasteiger partial charge >= 0.3 is 0 Å². The molecule has 0 bridgehead atoms. The lowest BCUT2D eigenvalue weighted by atomic mass is 9.99. The summed E-state index contributed by atoms with van der Waals surface area (Å²) < 4.78 is 0. The number of rotatable bonds is 5. The van der Waals surface area contributed by atoms with Gasteiger partial charge in [-0.1, -0.05) is 27.2 Å². The largest absolute Gasteiger partial charge is 0.323 e. The van der Waals surface area contributed by atoms with Crippen molar-refractivity contribution in [1.82, 2.24) is 10.2 Å². The number of hydrogen-bond acceptors (Lipinski definition) is 2. The zero-order valence-electron chi connectivity index (χ0n) is 11.6. The number of nitrogens with one attached hydrogen (secondary N) is 1. The summed E-state index contributed by atoms with van der Waals surface area (Å²) in [5.41, 5.74) is -0.148. The van der Waals surface area contributed by atoms with E-state index in [-0.39, 0.29) is 11.7 Å². The van der Waals surface area contributed by atoms with E-state index in [0.29, 0.717) is 17.9 Å². The topological polar surface area (TPSA) is 32.3 Å². The first-order chi connectivity index (χ1) is 8.04. The molecule has 1 aliphatic carbocycles. The molecule has 1 saturated carbocycles. The van der Waals surface area contributed by atoms with Crippen LogP contribution in [-0.4, -0.2) is 28.6 Å². The van der Waals surface area contributed by atoms with E-state index in [2.05, 4.69) is 37.9 Å². The first-order valence-electron chi connectivity index (χ1n) is 7.14. The normalized spacial score (nSPS) is 29.8. The number of hydrogen-bond donors (Lipinski definition) is 1. The lowest BCUT2D eigenvalue weighted by molar-refractivity contribution is -0.133. The summed E-state index contributed by atoms with van der Waals surface area (Å²) in [7, 11) is 0. The number of nitrogens with zero attached hydrogens (tertiary/aromatic N) is 1. The molecule has 1 heterocycles. The van der Waals surface area contributed by atoms with Gasteiger partial charge in [0.25, 0.3) is 0 Å². The Labute approximate surface area is 105 Å². The zero-order chi connectivity index (χ0) is 12.6. The van der Waals surface area contributed by atoms with Gasteiger partial charge in [-0.3, -0.25) is 10.1 Å². The molecule has 3 heteroatoms. The van der Waals surface area contributed by atoms with Crippen molar-refractivity contribution in [3.63, 3.8) is 0 Å². The van der Waals surface area contributed by atoms with Crippen molar-refractivity contribution in [2.24, 2.45) is 5.92 Å². The predicted molar refractivity (Wildman–Crippen MR) is 69.6 cm³/mol. The van der Waals surface area contributed by atoms with Gasteiger partial charge in [-0.15, -0.1) is 0 Å². The van der Waals surface area contributed by atoms with Crippen molar-refractivity contribution < 1.29 is 4.79 Å². The Balaban J connectivity index is 2.04. The fraction of sp³-hybridized carbons (Fsp3) is 0.929. The molecule has 1 aliphatic heterocycles. The highest BCUT2D eigenvalue weighted by Crippen LogP contribution is 2.43. The lowest BCUT2D eigenvalue weighted by Crippen LogP contribution is -2.43. The second-order valence-corrected chi connectivity index (χ2v) is 5.96. The summed E-state index contributed by atoms with van der Waals surface area (Å²) in [5.74, 6) is 1.06. The molecular weight excluding hydrogens is 212 g/mol. The van der Waals surface area contributed by atoms with Crippen LogP contribution in [0, 0.1) is 5.92 Å². The molecule has 1 saturated heterocycles. The molecule has 3 nitrogen and oxygen atoms in total. The van der Waals surface area contributed by atoms with E-state index >= 15 is 0 Å². The molecule has 1 spiro atoms. The summed E-state index contributed by atoms with van der Waals surface area (Å²) in [6.45, 7) is 8.87. The molecule has 0 aromatic heterocycles. The maximum Gasteiger partial charge on any atom is 0.244 e. The summed E-state index contributed by atoms with van der Waals surface area (Å²) in [5, 5.41) is 3.54. The van der Waals surface area contributed by atoms with Gasteiger partial charge in [0.2, 0.25) is 5.91 Å². The third-order valence-electron chi connectivity index (χ3n) is 4.47. The Bertz CT molecular complexity index is 299. The van der Waals surface area contributed by atoms with Crippen molar-refractivity contribution in [3.8, 4) is 0 Å². The Morgan fingerprint density at radius 2 is 2.06 bits per heavy atom. The van der Waals surface area contributed by atoms with E-state index < -0.39 is 0 Å². The Morgan fingerprint density at radius 3 is 2.53 bits per heavy atom. The van der Waals surface area contributed by atoms with Gasteiger partial charge in [0, 0.05) is 6.04 Å². The number of carbonyl (C=O) groups is 1. The minimum absolute atomic E-state index is 0.148. The molecule has 0 aromatic rings. The maximum absolute atomic E-state index is 12.4. The van der Waals surface area contributed by atoms with E-state index in [9.17, 15) is 4.79 Å². The third-order valence-corrected chi connectivity index (χ3v) is 4.47. The van der Waals surface area contributed by atoms with Crippen molar-refractivity contribution >= 4 is 5.91 Å². The predicted octanol–water partition coefficient (Wildman–Crippen LogP) is 2.51. The first kappa shape index (κ1) is 12.9. The summed E-state index contributed by atoms with van der Waals surface area (Å²) >= 11 is 0. The van der Waals surface area contributed by atoms with Crippen molar-refractivity contribution in [2.45, 2.75) is 77.5 Å². The molecule has 3 unspecified atom stereocenters. The van der Waals surface area contributed by atoms with Crippen LogP contribution in [0.4, 0.5) is 0 Å². The molecule has 1 N–H and O–H groups in total. The third kappa shape index (κ3) is 2.22. The minimum atomic E-state index is -0.148. The van der Waals surface area contributed by atoms with Crippen LogP contribution < -0.4 is 5.32 Å². The quantitative estimate of drug-likeness (QED) is 0.798. The van der Waals surface area contributed by atoms with Crippen LogP contribution in [0.1, 0.15) is 59.8 Å². The van der Waals surface area contributed by atoms with Gasteiger partial charge in [-0.25, -0.2) is 0 Å². The average molecular weight is 238 g/mol. The van der Waals surface area contributed by atoms with Gasteiger partial charge in [-0.05, 0) is 38.5 Å². The van der Waals surface area contributed by atoms with Gasteiger partial charge in [0.1, 0.15) is 0 Å². The highest BCUT2D eigenvalue weighted by molar-refractivity contribution is 5.92. The van der Waals surface area contributed by atoms with E-state index in [1.165, 1.54) is 6.42 Å². The smallest absolute Gasteiger partial charge is 0.244 e. The Kier molecular flexibility index (Phi) is 3.48. The maximum atomic E-state index is 12.4. The average Bonchev–Trinajstić information content (AvgIpc) is 3.02. The molecular formula is C14H26N2O. The van der Waals surface area contributed by atoms with Gasteiger partial charge < -0.3 is 4.90 Å².